The molecule has 0 amide bonds. The van der Waals surface area contributed by atoms with Gasteiger partial charge in [0.25, 0.3) is 5.12 Å². The van der Waals surface area contributed by atoms with Crippen molar-refractivity contribution in [1.29, 1.82) is 0 Å². The minimum absolute atomic E-state index is 0.0171. The molecule has 102 valence electrons. The Morgan fingerprint density at radius 1 is 1.21 bits per heavy atom. The predicted molar refractivity (Wildman–Crippen MR) is 70.6 cm³/mol. The Morgan fingerprint density at radius 3 is 2.68 bits per heavy atom. The minimum atomic E-state index is -3.95. The summed E-state index contributed by atoms with van der Waals surface area (Å²) in [6.07, 6.45) is -0.539. The second kappa shape index (κ2) is 4.90. The molecule has 0 aromatic heterocycles. The van der Waals surface area contributed by atoms with Crippen molar-refractivity contribution < 1.29 is 22.7 Å². The van der Waals surface area contributed by atoms with Crippen molar-refractivity contribution in [2.24, 2.45) is 0 Å². The van der Waals surface area contributed by atoms with Crippen LogP contribution in [0.1, 0.15) is 10.4 Å². The first kappa shape index (κ1) is 13.1. The van der Waals surface area contributed by atoms with E-state index in [9.17, 15) is 13.2 Å². The van der Waals surface area contributed by atoms with Gasteiger partial charge in [-0.1, -0.05) is 42.1 Å². The van der Waals surface area contributed by atoms with E-state index < -0.39 is 26.3 Å². The summed E-state index contributed by atoms with van der Waals surface area (Å²) in [5.41, 5.74) is -0.0973. The van der Waals surface area contributed by atoms with Crippen molar-refractivity contribution in [2.45, 2.75) is 16.8 Å². The van der Waals surface area contributed by atoms with Gasteiger partial charge in [0.2, 0.25) is 9.84 Å². The SMILES string of the molecule is O=C(c1ccccc1)S(=O)(=O)C1COC2SCOC21. The number of carbonyl (C=O) groups excluding carboxylic acids is 1. The molecule has 0 N–H and O–H groups in total. The number of rotatable bonds is 2. The second-order valence-electron chi connectivity index (χ2n) is 4.35. The van der Waals surface area contributed by atoms with Gasteiger partial charge in [-0.3, -0.25) is 4.79 Å². The molecule has 1 aromatic carbocycles. The van der Waals surface area contributed by atoms with Crippen LogP contribution in [0, 0.1) is 0 Å². The zero-order valence-electron chi connectivity index (χ0n) is 9.89. The van der Waals surface area contributed by atoms with E-state index in [1.54, 1.807) is 18.2 Å². The Bertz CT molecular complexity index is 583. The van der Waals surface area contributed by atoms with Gasteiger partial charge in [-0.05, 0) is 0 Å². The van der Waals surface area contributed by atoms with Gasteiger partial charge in [0.1, 0.15) is 16.8 Å². The molecular formula is C12H12O5S2. The Kier molecular flexibility index (Phi) is 3.38. The topological polar surface area (TPSA) is 69.7 Å². The Hall–Kier alpha value is -0.890. The van der Waals surface area contributed by atoms with Crippen LogP contribution >= 0.6 is 11.8 Å². The molecule has 2 fully saturated rings. The highest BCUT2D eigenvalue weighted by Gasteiger charge is 2.51. The summed E-state index contributed by atoms with van der Waals surface area (Å²) in [6.45, 7) is 0.0171. The summed E-state index contributed by atoms with van der Waals surface area (Å²) < 4.78 is 35.5. The normalized spacial score (nSPS) is 30.2. The number of thioether (sulfide) groups is 1. The van der Waals surface area contributed by atoms with Crippen LogP contribution in [0.15, 0.2) is 30.3 Å². The number of fused-ring (bicyclic) bond motifs is 1. The molecule has 19 heavy (non-hydrogen) atoms. The van der Waals surface area contributed by atoms with Gasteiger partial charge in [0.05, 0.1) is 12.5 Å². The lowest BCUT2D eigenvalue weighted by molar-refractivity contribution is 0.0794. The fourth-order valence-corrected chi connectivity index (χ4v) is 4.88. The molecule has 0 bridgehead atoms. The van der Waals surface area contributed by atoms with Crippen LogP contribution in [0.3, 0.4) is 0 Å². The maximum absolute atomic E-state index is 12.4. The molecule has 0 radical (unpaired) electrons. The summed E-state index contributed by atoms with van der Waals surface area (Å²) in [4.78, 5) is 12.1. The summed E-state index contributed by atoms with van der Waals surface area (Å²) in [7, 11) is -3.95. The highest BCUT2D eigenvalue weighted by molar-refractivity contribution is 8.07. The lowest BCUT2D eigenvalue weighted by Gasteiger charge is -2.14. The number of benzene rings is 1. The van der Waals surface area contributed by atoms with Crippen LogP contribution in [-0.2, 0) is 19.3 Å². The maximum atomic E-state index is 12.4. The highest BCUT2D eigenvalue weighted by atomic mass is 32.2. The number of carbonyl (C=O) groups is 1. The van der Waals surface area contributed by atoms with Crippen LogP contribution in [0.5, 0.6) is 0 Å². The monoisotopic (exact) mass is 300 g/mol. The van der Waals surface area contributed by atoms with E-state index in [1.165, 1.54) is 23.9 Å². The standard InChI is InChI=1S/C12H12O5S2/c13-11(8-4-2-1-3-5-8)19(14,15)9-6-16-12-10(9)17-7-18-12/h1-5,9-10,12H,6-7H2. The molecule has 3 unspecified atom stereocenters. The van der Waals surface area contributed by atoms with E-state index in [0.29, 0.717) is 5.94 Å². The minimum Gasteiger partial charge on any atom is -0.363 e. The van der Waals surface area contributed by atoms with Gasteiger partial charge < -0.3 is 9.47 Å². The molecular weight excluding hydrogens is 288 g/mol. The van der Waals surface area contributed by atoms with Crippen LogP contribution < -0.4 is 0 Å². The molecule has 2 saturated heterocycles. The molecule has 3 rings (SSSR count). The fraction of sp³-hybridized carbons (Fsp3) is 0.417. The van der Waals surface area contributed by atoms with Crippen LogP contribution in [0.25, 0.3) is 0 Å². The first-order valence-electron chi connectivity index (χ1n) is 5.79. The molecule has 7 heteroatoms. The van der Waals surface area contributed by atoms with E-state index in [1.807, 2.05) is 0 Å². The van der Waals surface area contributed by atoms with Crippen molar-refractivity contribution in [3.05, 3.63) is 35.9 Å². The molecule has 1 aromatic rings. The molecule has 5 nitrogen and oxygen atoms in total. The zero-order valence-corrected chi connectivity index (χ0v) is 11.5. The molecule has 2 aliphatic rings. The molecule has 0 aliphatic carbocycles. The molecule has 2 aliphatic heterocycles. The second-order valence-corrected chi connectivity index (χ2v) is 7.45. The van der Waals surface area contributed by atoms with E-state index in [0.717, 1.165) is 0 Å². The largest absolute Gasteiger partial charge is 0.363 e. The van der Waals surface area contributed by atoms with Gasteiger partial charge in [-0.2, -0.15) is 0 Å². The number of hydrogen-bond acceptors (Lipinski definition) is 6. The molecule has 3 atom stereocenters. The maximum Gasteiger partial charge on any atom is 0.277 e. The molecule has 0 spiro atoms. The lowest BCUT2D eigenvalue weighted by Crippen LogP contribution is -2.38. The lowest BCUT2D eigenvalue weighted by atomic mass is 10.2. The summed E-state index contributed by atoms with van der Waals surface area (Å²) in [5, 5.41) is -1.76. The number of hydrogen-bond donors (Lipinski definition) is 0. The van der Waals surface area contributed by atoms with Crippen molar-refractivity contribution in [3.8, 4) is 0 Å². The van der Waals surface area contributed by atoms with Gasteiger partial charge in [-0.25, -0.2) is 8.42 Å². The third-order valence-electron chi connectivity index (χ3n) is 3.22. The van der Waals surface area contributed by atoms with Crippen molar-refractivity contribution in [2.75, 3.05) is 12.5 Å². The Balaban J connectivity index is 1.89. The predicted octanol–water partition coefficient (Wildman–Crippen LogP) is 1.06. The van der Waals surface area contributed by atoms with Crippen molar-refractivity contribution >= 4 is 26.7 Å². The summed E-state index contributed by atoms with van der Waals surface area (Å²) in [6, 6.07) is 8.00. The zero-order chi connectivity index (χ0) is 13.5. The van der Waals surface area contributed by atoms with Gasteiger partial charge >= 0.3 is 0 Å². The van der Waals surface area contributed by atoms with Gasteiger partial charge in [-0.15, -0.1) is 0 Å². The average molecular weight is 300 g/mol. The fourth-order valence-electron chi connectivity index (χ4n) is 2.21. The quantitative estimate of drug-likeness (QED) is 0.813. The smallest absolute Gasteiger partial charge is 0.277 e. The summed E-state index contributed by atoms with van der Waals surface area (Å²) in [5.74, 6) is 0.404. The highest BCUT2D eigenvalue weighted by Crippen LogP contribution is 2.37. The van der Waals surface area contributed by atoms with E-state index in [-0.39, 0.29) is 17.6 Å². The summed E-state index contributed by atoms with van der Waals surface area (Å²) >= 11 is 1.42. The van der Waals surface area contributed by atoms with E-state index >= 15 is 0 Å². The van der Waals surface area contributed by atoms with Crippen LogP contribution in [0.4, 0.5) is 0 Å². The third-order valence-corrected chi connectivity index (χ3v) is 6.18. The average Bonchev–Trinajstić information content (AvgIpc) is 3.01. The van der Waals surface area contributed by atoms with Crippen LogP contribution in [0.2, 0.25) is 0 Å². The molecule has 0 saturated carbocycles. The molecule has 2 heterocycles. The Morgan fingerprint density at radius 2 is 1.95 bits per heavy atom. The van der Waals surface area contributed by atoms with E-state index in [2.05, 4.69) is 0 Å². The van der Waals surface area contributed by atoms with Gasteiger partial charge in [0.15, 0.2) is 0 Å². The number of sulfone groups is 1. The van der Waals surface area contributed by atoms with Crippen LogP contribution in [-0.4, -0.2) is 42.9 Å². The third kappa shape index (κ3) is 2.20. The Labute approximate surface area is 115 Å². The van der Waals surface area contributed by atoms with Gasteiger partial charge in [0, 0.05) is 5.56 Å². The first-order chi connectivity index (χ1) is 9.10. The van der Waals surface area contributed by atoms with Crippen molar-refractivity contribution in [3.63, 3.8) is 0 Å². The first-order valence-corrected chi connectivity index (χ1v) is 8.38. The van der Waals surface area contributed by atoms with Crippen molar-refractivity contribution in [1.82, 2.24) is 0 Å². The number of ether oxygens (including phenoxy) is 2. The van der Waals surface area contributed by atoms with E-state index in [4.69, 9.17) is 9.47 Å².